The Labute approximate surface area is 233 Å². The molecule has 2 saturated heterocycles. The predicted molar refractivity (Wildman–Crippen MR) is 157 cm³/mol. The van der Waals surface area contributed by atoms with Crippen molar-refractivity contribution in [2.24, 2.45) is 0 Å². The van der Waals surface area contributed by atoms with Crippen LogP contribution in [0.25, 0.3) is 0 Å². The molecule has 1 aliphatic carbocycles. The Balaban J connectivity index is 1.07. The van der Waals surface area contributed by atoms with Gasteiger partial charge in [-0.05, 0) is 32.9 Å². The summed E-state index contributed by atoms with van der Waals surface area (Å²) in [5.74, 6) is 2.65. The van der Waals surface area contributed by atoms with Crippen molar-refractivity contribution in [1.82, 2.24) is 45.8 Å². The Kier molecular flexibility index (Phi) is 10.6. The maximum Gasteiger partial charge on any atom is 0.229 e. The lowest BCUT2D eigenvalue weighted by atomic mass is 9.95. The summed E-state index contributed by atoms with van der Waals surface area (Å²) >= 11 is 0. The van der Waals surface area contributed by atoms with Gasteiger partial charge in [0.1, 0.15) is 17.3 Å². The first-order valence-corrected chi connectivity index (χ1v) is 15.1. The second-order valence-corrected chi connectivity index (χ2v) is 11.2. The molecule has 0 unspecified atom stereocenters. The van der Waals surface area contributed by atoms with E-state index in [0.29, 0.717) is 6.54 Å². The average Bonchev–Trinajstić information content (AvgIpc) is 3.44. The Morgan fingerprint density at radius 1 is 0.923 bits per heavy atom. The molecule has 0 spiro atoms. The number of piperazine rings is 2. The molecule has 2 aliphatic heterocycles. The van der Waals surface area contributed by atoms with Crippen molar-refractivity contribution in [2.75, 3.05) is 94.2 Å². The lowest BCUT2D eigenvalue weighted by Crippen LogP contribution is -2.46. The van der Waals surface area contributed by atoms with Gasteiger partial charge in [-0.2, -0.15) is 9.97 Å². The molecule has 2 aromatic rings. The number of anilines is 3. The summed E-state index contributed by atoms with van der Waals surface area (Å²) in [6.07, 6.45) is 9.94. The number of nitrogens with zero attached hydrogens (tertiary/aromatic N) is 8. The summed E-state index contributed by atoms with van der Waals surface area (Å²) in [6, 6.07) is 2.81. The van der Waals surface area contributed by atoms with E-state index in [2.05, 4.69) is 59.4 Å². The van der Waals surface area contributed by atoms with Gasteiger partial charge in [0.05, 0.1) is 12.7 Å². The Hall–Kier alpha value is -2.54. The zero-order valence-electron chi connectivity index (χ0n) is 23.7. The third-order valence-electron chi connectivity index (χ3n) is 8.05. The first-order valence-electron chi connectivity index (χ1n) is 15.1. The van der Waals surface area contributed by atoms with Gasteiger partial charge in [-0.3, -0.25) is 4.68 Å². The summed E-state index contributed by atoms with van der Waals surface area (Å²) in [5, 5.41) is 22.9. The molecule has 4 N–H and O–H groups in total. The fourth-order valence-electron chi connectivity index (χ4n) is 5.59. The minimum atomic E-state index is 0.589. The highest BCUT2D eigenvalue weighted by atomic mass is 15.4. The minimum absolute atomic E-state index is 0.589. The van der Waals surface area contributed by atoms with Crippen LogP contribution in [-0.4, -0.2) is 115 Å². The van der Waals surface area contributed by atoms with Crippen molar-refractivity contribution in [3.8, 4) is 0 Å². The normalized spacial score (nSPS) is 19.5. The highest BCUT2D eigenvalue weighted by Gasteiger charge is 2.20. The highest BCUT2D eigenvalue weighted by molar-refractivity contribution is 5.55. The van der Waals surface area contributed by atoms with Crippen LogP contribution in [-0.2, 0) is 13.1 Å². The van der Waals surface area contributed by atoms with E-state index in [1.165, 1.54) is 32.1 Å². The number of aryl methyl sites for hydroxylation is 1. The molecule has 12 heteroatoms. The number of nitrogens with one attached hydrogen (secondary N) is 4. The number of aromatic nitrogens is 5. The quantitative estimate of drug-likeness (QED) is 0.270. The van der Waals surface area contributed by atoms with Crippen LogP contribution in [0.1, 0.15) is 44.2 Å². The molecule has 0 atom stereocenters. The number of hydrogen-bond acceptors (Lipinski definition) is 11. The molecular weight excluding hydrogens is 492 g/mol. The van der Waals surface area contributed by atoms with Crippen LogP contribution in [0.3, 0.4) is 0 Å². The Morgan fingerprint density at radius 2 is 1.74 bits per heavy atom. The fourth-order valence-corrected chi connectivity index (χ4v) is 5.59. The van der Waals surface area contributed by atoms with Crippen LogP contribution in [0, 0.1) is 0 Å². The molecule has 5 rings (SSSR count). The van der Waals surface area contributed by atoms with Crippen molar-refractivity contribution < 1.29 is 0 Å². The van der Waals surface area contributed by atoms with Crippen molar-refractivity contribution in [1.29, 1.82) is 0 Å². The molecule has 0 bridgehead atoms. The number of hydrogen-bond donors (Lipinski definition) is 4. The zero-order valence-corrected chi connectivity index (χ0v) is 23.7. The summed E-state index contributed by atoms with van der Waals surface area (Å²) in [6.45, 7) is 12.3. The van der Waals surface area contributed by atoms with E-state index in [9.17, 15) is 0 Å². The minimum Gasteiger partial charge on any atom is -0.364 e. The molecule has 0 aromatic carbocycles. The van der Waals surface area contributed by atoms with Crippen molar-refractivity contribution in [3.05, 3.63) is 18.0 Å². The van der Waals surface area contributed by atoms with E-state index in [1.807, 2.05) is 10.9 Å². The topological polar surface area (TPSA) is 114 Å². The smallest absolute Gasteiger partial charge is 0.229 e. The van der Waals surface area contributed by atoms with Crippen LogP contribution in [0.4, 0.5) is 17.6 Å². The maximum atomic E-state index is 4.96. The van der Waals surface area contributed by atoms with Crippen molar-refractivity contribution in [3.63, 3.8) is 0 Å². The Bertz CT molecular complexity index is 977. The summed E-state index contributed by atoms with van der Waals surface area (Å²) in [4.78, 5) is 16.8. The molecule has 12 nitrogen and oxygen atoms in total. The van der Waals surface area contributed by atoms with E-state index >= 15 is 0 Å². The molecule has 0 radical (unpaired) electrons. The van der Waals surface area contributed by atoms with Gasteiger partial charge in [-0.15, -0.1) is 5.10 Å². The lowest BCUT2D eigenvalue weighted by Gasteiger charge is -2.34. The predicted octanol–water partition coefficient (Wildman–Crippen LogP) is 0.744. The van der Waals surface area contributed by atoms with Crippen LogP contribution < -0.4 is 31.1 Å². The van der Waals surface area contributed by atoms with Crippen LogP contribution in [0.15, 0.2) is 12.3 Å². The van der Waals surface area contributed by atoms with E-state index in [4.69, 9.17) is 9.97 Å². The van der Waals surface area contributed by atoms with Crippen LogP contribution >= 0.6 is 0 Å². The third-order valence-corrected chi connectivity index (χ3v) is 8.05. The monoisotopic (exact) mass is 540 g/mol. The van der Waals surface area contributed by atoms with Gasteiger partial charge in [-0.1, -0.05) is 24.5 Å². The van der Waals surface area contributed by atoms with E-state index in [1.54, 1.807) is 0 Å². The maximum absolute atomic E-state index is 4.96. The highest BCUT2D eigenvalue weighted by Crippen LogP contribution is 2.22. The average molecular weight is 541 g/mol. The van der Waals surface area contributed by atoms with Gasteiger partial charge >= 0.3 is 0 Å². The molecule has 4 heterocycles. The molecule has 2 aromatic heterocycles. The molecule has 3 fully saturated rings. The van der Waals surface area contributed by atoms with E-state index in [-0.39, 0.29) is 0 Å². The first-order chi connectivity index (χ1) is 19.2. The van der Waals surface area contributed by atoms with Gasteiger partial charge in [0.25, 0.3) is 0 Å². The Morgan fingerprint density at radius 3 is 2.56 bits per heavy atom. The van der Waals surface area contributed by atoms with Crippen LogP contribution in [0.2, 0.25) is 0 Å². The lowest BCUT2D eigenvalue weighted by molar-refractivity contribution is 0.312. The number of rotatable bonds is 13. The van der Waals surface area contributed by atoms with Crippen molar-refractivity contribution in [2.45, 2.75) is 57.7 Å². The van der Waals surface area contributed by atoms with E-state index in [0.717, 1.165) is 114 Å². The molecular formula is C27H48N12. The second-order valence-electron chi connectivity index (χ2n) is 11.2. The molecule has 1 saturated carbocycles. The third kappa shape index (κ3) is 8.72. The summed E-state index contributed by atoms with van der Waals surface area (Å²) in [5.41, 5.74) is 0.920. The summed E-state index contributed by atoms with van der Waals surface area (Å²) < 4.78 is 1.95. The first kappa shape index (κ1) is 28.0. The largest absolute Gasteiger partial charge is 0.364 e. The van der Waals surface area contributed by atoms with E-state index < -0.39 is 0 Å². The molecule has 3 aliphatic rings. The van der Waals surface area contributed by atoms with Gasteiger partial charge in [0, 0.05) is 84.1 Å². The van der Waals surface area contributed by atoms with Gasteiger partial charge in [0.15, 0.2) is 0 Å². The molecule has 0 amide bonds. The SMILES string of the molecule is CN1CCN(c2cc(NCc3cn(CCCNCCNC4CCCCC4)nn3)nc(N3CCNCC3)n2)CC1. The van der Waals surface area contributed by atoms with Gasteiger partial charge < -0.3 is 36.0 Å². The standard InChI is InChI=1S/C27H48N12/c1-36-16-18-37(19-17-36)26-20-25(32-27(33-26)38-14-11-29-12-15-38)31-21-24-22-39(35-34-24)13-5-8-28-9-10-30-23-6-3-2-4-7-23/h20,22-23,28-30H,2-19,21H2,1H3,(H,31,32,33). The summed E-state index contributed by atoms with van der Waals surface area (Å²) in [7, 11) is 2.18. The van der Waals surface area contributed by atoms with Gasteiger partial charge in [-0.25, -0.2) is 0 Å². The second kappa shape index (κ2) is 14.7. The number of likely N-dealkylation sites (N-methyl/N-ethyl adjacent to an activating group) is 1. The molecule has 39 heavy (non-hydrogen) atoms. The van der Waals surface area contributed by atoms with Crippen molar-refractivity contribution >= 4 is 17.6 Å². The fraction of sp³-hybridized carbons (Fsp3) is 0.778. The van der Waals surface area contributed by atoms with Gasteiger partial charge in [0.2, 0.25) is 5.95 Å². The zero-order chi connectivity index (χ0) is 26.7. The van der Waals surface area contributed by atoms with Crippen LogP contribution in [0.5, 0.6) is 0 Å². The molecule has 216 valence electrons.